The average Bonchev–Trinajstić information content (AvgIpc) is 3.24. The molecule has 0 saturated carbocycles. The number of hydrogen-bond acceptors (Lipinski definition) is 6. The van der Waals surface area contributed by atoms with E-state index in [1.165, 1.54) is 35.6 Å². The van der Waals surface area contributed by atoms with Gasteiger partial charge in [0.15, 0.2) is 6.61 Å². The summed E-state index contributed by atoms with van der Waals surface area (Å²) in [4.78, 5) is 27.1. The molecule has 0 radical (unpaired) electrons. The van der Waals surface area contributed by atoms with Gasteiger partial charge in [0.2, 0.25) is 10.0 Å². The summed E-state index contributed by atoms with van der Waals surface area (Å²) in [6, 6.07) is 9.29. The van der Waals surface area contributed by atoms with Gasteiger partial charge in [-0.2, -0.15) is 0 Å². The molecule has 156 valence electrons. The highest BCUT2D eigenvalue weighted by Gasteiger charge is 2.22. The lowest BCUT2D eigenvalue weighted by Gasteiger charge is -2.30. The van der Waals surface area contributed by atoms with E-state index in [0.29, 0.717) is 19.0 Å². The van der Waals surface area contributed by atoms with Crippen LogP contribution in [0.2, 0.25) is 0 Å². The van der Waals surface area contributed by atoms with E-state index >= 15 is 0 Å². The zero-order chi connectivity index (χ0) is 20.9. The Morgan fingerprint density at radius 1 is 1.28 bits per heavy atom. The van der Waals surface area contributed by atoms with E-state index in [4.69, 9.17) is 4.74 Å². The zero-order valence-electron chi connectivity index (χ0n) is 16.2. The van der Waals surface area contributed by atoms with Crippen molar-refractivity contribution < 1.29 is 22.7 Å². The molecule has 1 aromatic heterocycles. The number of benzene rings is 1. The number of ether oxygens (including phenoxy) is 1. The molecule has 1 fully saturated rings. The van der Waals surface area contributed by atoms with Gasteiger partial charge in [0, 0.05) is 24.5 Å². The quantitative estimate of drug-likeness (QED) is 0.674. The number of nitrogens with zero attached hydrogens (tertiary/aromatic N) is 1. The molecule has 1 amide bonds. The minimum atomic E-state index is -3.77. The van der Waals surface area contributed by atoms with Crippen molar-refractivity contribution in [2.75, 3.05) is 19.7 Å². The largest absolute Gasteiger partial charge is 0.452 e. The van der Waals surface area contributed by atoms with Gasteiger partial charge in [-0.3, -0.25) is 4.79 Å². The number of nitrogens with one attached hydrogen (secondary N) is 1. The Kier molecular flexibility index (Phi) is 7.05. The smallest absolute Gasteiger partial charge is 0.338 e. The molecule has 1 saturated heterocycles. The van der Waals surface area contributed by atoms with Crippen LogP contribution in [-0.4, -0.2) is 44.9 Å². The third kappa shape index (κ3) is 5.88. The summed E-state index contributed by atoms with van der Waals surface area (Å²) in [6.07, 6.45) is 2.03. The fourth-order valence-electron chi connectivity index (χ4n) is 3.17. The van der Waals surface area contributed by atoms with Crippen molar-refractivity contribution in [2.24, 2.45) is 5.92 Å². The molecule has 2 heterocycles. The Hall–Kier alpha value is -2.23. The lowest BCUT2D eigenvalue weighted by molar-refractivity contribution is -0.136. The average molecular weight is 437 g/mol. The van der Waals surface area contributed by atoms with Crippen LogP contribution in [0.1, 0.15) is 35.0 Å². The molecule has 1 aliphatic rings. The van der Waals surface area contributed by atoms with E-state index < -0.39 is 16.0 Å². The van der Waals surface area contributed by atoms with Crippen molar-refractivity contribution >= 4 is 33.2 Å². The molecule has 1 N–H and O–H groups in total. The van der Waals surface area contributed by atoms with Crippen molar-refractivity contribution in [1.29, 1.82) is 0 Å². The van der Waals surface area contributed by atoms with Crippen LogP contribution in [-0.2, 0) is 26.1 Å². The summed E-state index contributed by atoms with van der Waals surface area (Å²) >= 11 is 1.45. The molecule has 9 heteroatoms. The van der Waals surface area contributed by atoms with Gasteiger partial charge < -0.3 is 9.64 Å². The van der Waals surface area contributed by atoms with Gasteiger partial charge in [-0.1, -0.05) is 19.1 Å². The number of hydrogen-bond donors (Lipinski definition) is 1. The van der Waals surface area contributed by atoms with Gasteiger partial charge in [-0.25, -0.2) is 17.9 Å². The maximum Gasteiger partial charge on any atom is 0.338 e. The lowest BCUT2D eigenvalue weighted by Crippen LogP contribution is -2.41. The highest BCUT2D eigenvalue weighted by Crippen LogP contribution is 2.17. The van der Waals surface area contributed by atoms with Gasteiger partial charge in [0.25, 0.3) is 5.91 Å². The summed E-state index contributed by atoms with van der Waals surface area (Å²) in [5.74, 6) is -0.517. The van der Waals surface area contributed by atoms with Crippen molar-refractivity contribution in [1.82, 2.24) is 9.62 Å². The highest BCUT2D eigenvalue weighted by molar-refractivity contribution is 7.89. The van der Waals surface area contributed by atoms with E-state index in [0.717, 1.165) is 17.7 Å². The number of piperidine rings is 1. The molecule has 2 aromatic rings. The number of esters is 1. The maximum atomic E-state index is 12.5. The van der Waals surface area contributed by atoms with E-state index in [1.54, 1.807) is 4.90 Å². The molecular formula is C20H24N2O5S2. The van der Waals surface area contributed by atoms with E-state index in [1.807, 2.05) is 17.5 Å². The van der Waals surface area contributed by atoms with Crippen molar-refractivity contribution in [2.45, 2.75) is 31.2 Å². The molecule has 0 bridgehead atoms. The number of amides is 1. The minimum absolute atomic E-state index is 0.0281. The number of rotatable bonds is 7. The number of likely N-dealkylation sites (tertiary alicyclic amines) is 1. The second kappa shape index (κ2) is 9.51. The zero-order valence-corrected chi connectivity index (χ0v) is 17.8. The topological polar surface area (TPSA) is 92.8 Å². The molecule has 1 atom stereocenters. The van der Waals surface area contributed by atoms with Crippen molar-refractivity contribution in [3.05, 3.63) is 52.2 Å². The van der Waals surface area contributed by atoms with Gasteiger partial charge in [0.1, 0.15) is 0 Å². The Morgan fingerprint density at radius 2 is 2.10 bits per heavy atom. The number of carbonyl (C=O) groups excluding carboxylic acids is 2. The molecule has 1 aromatic carbocycles. The summed E-state index contributed by atoms with van der Waals surface area (Å²) in [6.45, 7) is 3.25. The normalized spacial score (nSPS) is 17.1. The van der Waals surface area contributed by atoms with Crippen LogP contribution < -0.4 is 4.72 Å². The van der Waals surface area contributed by atoms with Crippen LogP contribution in [0, 0.1) is 5.92 Å². The Bertz CT molecular complexity index is 957. The first-order valence-corrected chi connectivity index (χ1v) is 11.8. The molecular weight excluding hydrogens is 412 g/mol. The standard InChI is InChI=1S/C20H24N2O5S2/c1-15-5-3-9-22(13-15)19(23)14-27-20(24)16-6-2-8-18(11-16)29(25,26)21-12-17-7-4-10-28-17/h2,4,6-8,10-11,15,21H,3,5,9,12-14H2,1H3. The first kappa shape index (κ1) is 21.5. The van der Waals surface area contributed by atoms with E-state index in [9.17, 15) is 18.0 Å². The third-order valence-electron chi connectivity index (χ3n) is 4.73. The van der Waals surface area contributed by atoms with Crippen LogP contribution in [0.25, 0.3) is 0 Å². The Labute approximate surface area is 174 Å². The fourth-order valence-corrected chi connectivity index (χ4v) is 4.96. The second-order valence-corrected chi connectivity index (χ2v) is 9.89. The van der Waals surface area contributed by atoms with Gasteiger partial charge in [-0.15, -0.1) is 11.3 Å². The lowest BCUT2D eigenvalue weighted by atomic mass is 10.0. The third-order valence-corrected chi connectivity index (χ3v) is 7.01. The Morgan fingerprint density at radius 3 is 2.83 bits per heavy atom. The van der Waals surface area contributed by atoms with Gasteiger partial charge in [-0.05, 0) is 48.4 Å². The minimum Gasteiger partial charge on any atom is -0.452 e. The first-order valence-electron chi connectivity index (χ1n) is 9.42. The van der Waals surface area contributed by atoms with Gasteiger partial charge in [0.05, 0.1) is 10.5 Å². The van der Waals surface area contributed by atoms with Crippen molar-refractivity contribution in [3.8, 4) is 0 Å². The molecule has 29 heavy (non-hydrogen) atoms. The molecule has 7 nitrogen and oxygen atoms in total. The van der Waals surface area contributed by atoms with Crippen LogP contribution in [0.5, 0.6) is 0 Å². The number of carbonyl (C=O) groups is 2. The Balaban J connectivity index is 1.59. The summed E-state index contributed by atoms with van der Waals surface area (Å²) in [5.41, 5.74) is 0.0869. The highest BCUT2D eigenvalue weighted by atomic mass is 32.2. The molecule has 0 aliphatic carbocycles. The number of thiophene rings is 1. The molecule has 1 unspecified atom stereocenters. The predicted octanol–water partition coefficient (Wildman–Crippen LogP) is 2.64. The molecule has 0 spiro atoms. The van der Waals surface area contributed by atoms with Crippen LogP contribution >= 0.6 is 11.3 Å². The molecule has 3 rings (SSSR count). The summed E-state index contributed by atoms with van der Waals surface area (Å²) in [7, 11) is -3.77. The van der Waals surface area contributed by atoms with Gasteiger partial charge >= 0.3 is 5.97 Å². The van der Waals surface area contributed by atoms with Crippen molar-refractivity contribution in [3.63, 3.8) is 0 Å². The monoisotopic (exact) mass is 436 g/mol. The van der Waals surface area contributed by atoms with E-state index in [-0.39, 0.29) is 29.5 Å². The summed E-state index contributed by atoms with van der Waals surface area (Å²) in [5, 5.41) is 1.87. The summed E-state index contributed by atoms with van der Waals surface area (Å²) < 4.78 is 32.6. The fraction of sp³-hybridized carbons (Fsp3) is 0.400. The maximum absolute atomic E-state index is 12.5. The van der Waals surface area contributed by atoms with Crippen LogP contribution in [0.4, 0.5) is 0 Å². The molecule has 1 aliphatic heterocycles. The first-order chi connectivity index (χ1) is 13.8. The second-order valence-electron chi connectivity index (χ2n) is 7.10. The SMILES string of the molecule is CC1CCCN(C(=O)COC(=O)c2cccc(S(=O)(=O)NCc3cccs3)c2)C1. The van der Waals surface area contributed by atoms with E-state index in [2.05, 4.69) is 11.6 Å². The number of sulfonamides is 1. The predicted molar refractivity (Wildman–Crippen MR) is 110 cm³/mol. The van der Waals surface area contributed by atoms with Crippen LogP contribution in [0.15, 0.2) is 46.7 Å². The van der Waals surface area contributed by atoms with Crippen LogP contribution in [0.3, 0.4) is 0 Å².